The minimum Gasteiger partial charge on any atom is -0.378 e. The van der Waals surface area contributed by atoms with Gasteiger partial charge in [0.1, 0.15) is 0 Å². The molecule has 1 unspecified atom stereocenters. The maximum absolute atomic E-state index is 10.2. The summed E-state index contributed by atoms with van der Waals surface area (Å²) in [5, 5.41) is 12.6. The molecule has 0 bridgehead atoms. The van der Waals surface area contributed by atoms with Gasteiger partial charge in [-0.15, -0.1) is 0 Å². The van der Waals surface area contributed by atoms with Gasteiger partial charge in [0.15, 0.2) is 5.62 Å². The monoisotopic (exact) mass is 176 g/mol. The average Bonchev–Trinajstić information content (AvgIpc) is 1.85. The number of nitro groups is 1. The second-order valence-electron chi connectivity index (χ2n) is 1.80. The number of aliphatic imine (C=N–C) groups is 1. The molecule has 0 fully saturated rings. The lowest BCUT2D eigenvalue weighted by molar-refractivity contribution is -0.415. The smallest absolute Gasteiger partial charge is 0.326 e. The first-order chi connectivity index (χ1) is 5.11. The molecule has 1 rings (SSSR count). The summed E-state index contributed by atoms with van der Waals surface area (Å²) in [6.45, 7) is 0. The molecule has 0 saturated heterocycles. The van der Waals surface area contributed by atoms with E-state index in [4.69, 9.17) is 17.3 Å². The minimum atomic E-state index is -0.710. The molecule has 7 heteroatoms. The van der Waals surface area contributed by atoms with Crippen molar-refractivity contribution >= 4 is 17.4 Å². The summed E-state index contributed by atoms with van der Waals surface area (Å²) < 4.78 is 0. The highest BCUT2D eigenvalue weighted by Gasteiger charge is 2.21. The Kier molecular flexibility index (Phi) is 1.95. The number of amidine groups is 1. The predicted octanol–water partition coefficient (Wildman–Crippen LogP) is -0.413. The van der Waals surface area contributed by atoms with E-state index >= 15 is 0 Å². The van der Waals surface area contributed by atoms with Crippen molar-refractivity contribution in [2.45, 2.75) is 5.62 Å². The zero-order valence-corrected chi connectivity index (χ0v) is 6.08. The molecule has 1 aliphatic rings. The fourth-order valence-electron chi connectivity index (χ4n) is 0.593. The van der Waals surface area contributed by atoms with Crippen molar-refractivity contribution in [1.82, 2.24) is 5.32 Å². The molecule has 60 valence electrons. The van der Waals surface area contributed by atoms with Crippen LogP contribution in [0.3, 0.4) is 0 Å². The van der Waals surface area contributed by atoms with Gasteiger partial charge in [-0.1, -0.05) is 11.6 Å². The molecule has 0 saturated carbocycles. The molecule has 1 aliphatic heterocycles. The van der Waals surface area contributed by atoms with E-state index in [0.29, 0.717) is 0 Å². The normalized spacial score (nSPS) is 23.2. The summed E-state index contributed by atoms with van der Waals surface area (Å²) >= 11 is 5.44. The molecule has 6 nitrogen and oxygen atoms in total. The summed E-state index contributed by atoms with van der Waals surface area (Å²) in [7, 11) is 0. The third-order valence-electron chi connectivity index (χ3n) is 1.07. The Labute approximate surface area is 66.9 Å². The molecule has 3 N–H and O–H groups in total. The van der Waals surface area contributed by atoms with Crippen LogP contribution >= 0.6 is 11.6 Å². The van der Waals surface area contributed by atoms with Gasteiger partial charge in [-0.2, -0.15) is 0 Å². The van der Waals surface area contributed by atoms with Crippen molar-refractivity contribution < 1.29 is 4.92 Å². The Morgan fingerprint density at radius 1 is 1.91 bits per heavy atom. The van der Waals surface area contributed by atoms with Gasteiger partial charge in [0.2, 0.25) is 5.84 Å². The molecular weight excluding hydrogens is 172 g/mol. The van der Waals surface area contributed by atoms with Gasteiger partial charge in [-0.3, -0.25) is 10.1 Å². The number of nitrogens with two attached hydrogens (primary N) is 1. The van der Waals surface area contributed by atoms with Crippen LogP contribution in [0.1, 0.15) is 0 Å². The maximum Gasteiger partial charge on any atom is 0.326 e. The summed E-state index contributed by atoms with van der Waals surface area (Å²) in [5.41, 5.74) is 4.21. The van der Waals surface area contributed by atoms with E-state index in [9.17, 15) is 10.1 Å². The molecule has 0 amide bonds. The van der Waals surface area contributed by atoms with Crippen molar-refractivity contribution in [1.29, 1.82) is 0 Å². The number of nitrogens with one attached hydrogen (secondary N) is 1. The lowest BCUT2D eigenvalue weighted by Crippen LogP contribution is -2.32. The van der Waals surface area contributed by atoms with Gasteiger partial charge in [0, 0.05) is 0 Å². The zero-order valence-electron chi connectivity index (χ0n) is 5.32. The van der Waals surface area contributed by atoms with E-state index in [1.807, 2.05) is 0 Å². The van der Waals surface area contributed by atoms with E-state index in [2.05, 4.69) is 10.3 Å². The Bertz CT molecular complexity index is 248. The van der Waals surface area contributed by atoms with Crippen LogP contribution in [0.5, 0.6) is 0 Å². The summed E-state index contributed by atoms with van der Waals surface area (Å²) in [6.07, 6.45) is 1.12. The van der Waals surface area contributed by atoms with Gasteiger partial charge < -0.3 is 11.1 Å². The van der Waals surface area contributed by atoms with Crippen LogP contribution in [0.4, 0.5) is 0 Å². The Hall–Kier alpha value is -1.30. The average molecular weight is 177 g/mol. The molecule has 0 aromatic rings. The first-order valence-corrected chi connectivity index (χ1v) is 3.13. The lowest BCUT2D eigenvalue weighted by Gasteiger charge is -2.09. The molecule has 0 spiro atoms. The van der Waals surface area contributed by atoms with Crippen LogP contribution in [-0.4, -0.2) is 16.4 Å². The van der Waals surface area contributed by atoms with Crippen LogP contribution in [0.15, 0.2) is 16.9 Å². The molecule has 0 aromatic carbocycles. The van der Waals surface area contributed by atoms with Crippen LogP contribution in [0.25, 0.3) is 0 Å². The van der Waals surface area contributed by atoms with E-state index in [1.165, 1.54) is 0 Å². The zero-order chi connectivity index (χ0) is 8.43. The van der Waals surface area contributed by atoms with Gasteiger partial charge in [0.25, 0.3) is 0 Å². The molecule has 1 heterocycles. The van der Waals surface area contributed by atoms with Crippen molar-refractivity contribution in [3.05, 3.63) is 22.0 Å². The third-order valence-corrected chi connectivity index (χ3v) is 1.29. The largest absolute Gasteiger partial charge is 0.378 e. The van der Waals surface area contributed by atoms with Crippen LogP contribution < -0.4 is 11.1 Å². The Morgan fingerprint density at radius 3 is 3.00 bits per heavy atom. The molecule has 1 atom stereocenters. The van der Waals surface area contributed by atoms with Crippen molar-refractivity contribution in [2.75, 3.05) is 0 Å². The van der Waals surface area contributed by atoms with E-state index in [-0.39, 0.29) is 11.5 Å². The minimum absolute atomic E-state index is 0.159. The van der Waals surface area contributed by atoms with E-state index < -0.39 is 10.5 Å². The molecule has 11 heavy (non-hydrogen) atoms. The van der Waals surface area contributed by atoms with E-state index in [0.717, 1.165) is 6.20 Å². The first-order valence-electron chi connectivity index (χ1n) is 2.69. The second-order valence-corrected chi connectivity index (χ2v) is 2.22. The number of hydrogen-bond acceptors (Lipinski definition) is 5. The SMILES string of the molecule is NC1=NC(Cl)NC=C1[N+](=O)[O-]. The number of hydrogen-bond donors (Lipinski definition) is 2. The molecular formula is C4H5ClN4O2. The van der Waals surface area contributed by atoms with Gasteiger partial charge in [0.05, 0.1) is 11.1 Å². The highest BCUT2D eigenvalue weighted by Crippen LogP contribution is 2.04. The van der Waals surface area contributed by atoms with Gasteiger partial charge in [-0.25, -0.2) is 4.99 Å². The Balaban J connectivity index is 2.86. The van der Waals surface area contributed by atoms with E-state index in [1.54, 1.807) is 0 Å². The first kappa shape index (κ1) is 7.80. The summed E-state index contributed by atoms with van der Waals surface area (Å²) in [6, 6.07) is 0. The molecule has 0 aliphatic carbocycles. The second kappa shape index (κ2) is 2.75. The number of rotatable bonds is 1. The topological polar surface area (TPSA) is 93.5 Å². The molecule has 0 radical (unpaired) electrons. The Morgan fingerprint density at radius 2 is 2.55 bits per heavy atom. The maximum atomic E-state index is 10.2. The van der Waals surface area contributed by atoms with Crippen molar-refractivity contribution in [2.24, 2.45) is 10.7 Å². The standard InChI is InChI=1S/C4H5ClN4O2/c5-4-7-1-2(9(10)11)3(6)8-4/h1,4,7H,(H2,6,8). The van der Waals surface area contributed by atoms with Gasteiger partial charge in [-0.05, 0) is 0 Å². The summed E-state index contributed by atoms with van der Waals surface area (Å²) in [4.78, 5) is 13.1. The van der Waals surface area contributed by atoms with Crippen LogP contribution in [0, 0.1) is 10.1 Å². The fraction of sp³-hybridized carbons (Fsp3) is 0.250. The number of alkyl halides is 1. The summed E-state index contributed by atoms with van der Waals surface area (Å²) in [5.74, 6) is -0.159. The lowest BCUT2D eigenvalue weighted by atomic mass is 10.4. The van der Waals surface area contributed by atoms with Gasteiger partial charge >= 0.3 is 5.70 Å². The van der Waals surface area contributed by atoms with Crippen molar-refractivity contribution in [3.8, 4) is 0 Å². The highest BCUT2D eigenvalue weighted by molar-refractivity contribution is 6.21. The van der Waals surface area contributed by atoms with Crippen molar-refractivity contribution in [3.63, 3.8) is 0 Å². The third kappa shape index (κ3) is 1.58. The number of nitrogens with zero attached hydrogens (tertiary/aromatic N) is 2. The predicted molar refractivity (Wildman–Crippen MR) is 39.5 cm³/mol. The fourth-order valence-corrected chi connectivity index (χ4v) is 0.762. The highest BCUT2D eigenvalue weighted by atomic mass is 35.5. The quantitative estimate of drug-likeness (QED) is 0.246. The number of halogens is 1. The van der Waals surface area contributed by atoms with Crippen LogP contribution in [-0.2, 0) is 0 Å². The molecule has 0 aromatic heterocycles. The van der Waals surface area contributed by atoms with Crippen LogP contribution in [0.2, 0.25) is 0 Å².